The highest BCUT2D eigenvalue weighted by Gasteiger charge is 2.35. The van der Waals surface area contributed by atoms with E-state index < -0.39 is 0 Å². The van der Waals surface area contributed by atoms with Gasteiger partial charge in [-0.05, 0) is 32.0 Å². The molecule has 3 aromatic rings. The Hall–Kier alpha value is -2.74. The number of carbonyl (C=O) groups excluding carboxylic acids is 2. The molecule has 0 bridgehead atoms. The van der Waals surface area contributed by atoms with Gasteiger partial charge < -0.3 is 0 Å². The first-order valence-corrected chi connectivity index (χ1v) is 8.32. The van der Waals surface area contributed by atoms with E-state index in [2.05, 4.69) is 15.2 Å². The van der Waals surface area contributed by atoms with Gasteiger partial charge in [-0.3, -0.25) is 18.9 Å². The number of nitrogens with zero attached hydrogens (tertiary/aromatic N) is 5. The van der Waals surface area contributed by atoms with Gasteiger partial charge in [-0.1, -0.05) is 23.9 Å². The van der Waals surface area contributed by atoms with E-state index in [-0.39, 0.29) is 17.7 Å². The molecule has 0 saturated carbocycles. The molecule has 0 aliphatic carbocycles. The molecule has 1 aliphatic rings. The summed E-state index contributed by atoms with van der Waals surface area (Å²) in [5, 5.41) is 8.78. The molecule has 0 saturated heterocycles. The second-order valence-electron chi connectivity index (χ2n) is 5.51. The van der Waals surface area contributed by atoms with Gasteiger partial charge in [0.1, 0.15) is 0 Å². The smallest absolute Gasteiger partial charge is 0.262 e. The predicted molar refractivity (Wildman–Crippen MR) is 87.9 cm³/mol. The monoisotopic (exact) mass is 339 g/mol. The standard InChI is InChI=1S/C16H13N5O2S/c1-9-7-10(2)21-15(17-9)18-19-16(21)24-8-20-13(22)11-5-3-4-6-12(11)14(20)23/h3-7H,8H2,1-2H3. The van der Waals surface area contributed by atoms with E-state index in [4.69, 9.17) is 0 Å². The van der Waals surface area contributed by atoms with Gasteiger partial charge in [0.15, 0.2) is 5.16 Å². The van der Waals surface area contributed by atoms with Crippen LogP contribution in [0, 0.1) is 13.8 Å². The van der Waals surface area contributed by atoms with Crippen LogP contribution in [0.1, 0.15) is 32.1 Å². The number of aromatic nitrogens is 4. The molecule has 4 rings (SSSR count). The van der Waals surface area contributed by atoms with Crippen LogP contribution in [0.15, 0.2) is 35.5 Å². The topological polar surface area (TPSA) is 80.5 Å². The van der Waals surface area contributed by atoms with E-state index in [9.17, 15) is 9.59 Å². The largest absolute Gasteiger partial charge is 0.269 e. The van der Waals surface area contributed by atoms with E-state index in [0.717, 1.165) is 11.4 Å². The number of amides is 2. The first-order chi connectivity index (χ1) is 11.6. The molecular formula is C16H13N5O2S. The van der Waals surface area contributed by atoms with Crippen LogP contribution in [-0.4, -0.2) is 42.2 Å². The summed E-state index contributed by atoms with van der Waals surface area (Å²) >= 11 is 1.29. The highest BCUT2D eigenvalue weighted by atomic mass is 32.2. The van der Waals surface area contributed by atoms with Crippen LogP contribution in [0.5, 0.6) is 0 Å². The van der Waals surface area contributed by atoms with E-state index in [1.54, 1.807) is 24.3 Å². The molecule has 0 radical (unpaired) electrons. The number of thioether (sulfide) groups is 1. The first kappa shape index (κ1) is 14.8. The number of fused-ring (bicyclic) bond motifs is 2. The summed E-state index contributed by atoms with van der Waals surface area (Å²) in [4.78, 5) is 30.3. The van der Waals surface area contributed by atoms with Crippen molar-refractivity contribution < 1.29 is 9.59 Å². The average molecular weight is 339 g/mol. The fourth-order valence-corrected chi connectivity index (χ4v) is 3.70. The van der Waals surface area contributed by atoms with Crippen molar-refractivity contribution in [2.24, 2.45) is 0 Å². The van der Waals surface area contributed by atoms with Gasteiger partial charge in [0.2, 0.25) is 0 Å². The zero-order valence-corrected chi connectivity index (χ0v) is 13.9. The molecule has 24 heavy (non-hydrogen) atoms. The van der Waals surface area contributed by atoms with Crippen LogP contribution in [0.25, 0.3) is 5.78 Å². The van der Waals surface area contributed by atoms with Gasteiger partial charge in [-0.15, -0.1) is 10.2 Å². The minimum Gasteiger partial charge on any atom is -0.269 e. The van der Waals surface area contributed by atoms with Crippen molar-refractivity contribution in [1.29, 1.82) is 0 Å². The van der Waals surface area contributed by atoms with Crippen molar-refractivity contribution in [2.45, 2.75) is 19.0 Å². The average Bonchev–Trinajstić information content (AvgIpc) is 3.07. The summed E-state index contributed by atoms with van der Waals surface area (Å²) in [7, 11) is 0. The minimum absolute atomic E-state index is 0.181. The third-order valence-electron chi connectivity index (χ3n) is 3.86. The number of benzene rings is 1. The van der Waals surface area contributed by atoms with Gasteiger partial charge in [0.25, 0.3) is 17.6 Å². The molecule has 0 unspecified atom stereocenters. The molecule has 2 aromatic heterocycles. The second kappa shape index (κ2) is 5.41. The fourth-order valence-electron chi connectivity index (χ4n) is 2.77. The Morgan fingerprint density at radius 3 is 2.38 bits per heavy atom. The molecule has 0 N–H and O–H groups in total. The van der Waals surface area contributed by atoms with Crippen molar-refractivity contribution in [2.75, 3.05) is 5.88 Å². The van der Waals surface area contributed by atoms with Gasteiger partial charge in [-0.25, -0.2) is 4.98 Å². The van der Waals surface area contributed by atoms with E-state index >= 15 is 0 Å². The van der Waals surface area contributed by atoms with Crippen molar-refractivity contribution in [3.05, 3.63) is 52.8 Å². The molecule has 2 amide bonds. The van der Waals surface area contributed by atoms with Gasteiger partial charge >= 0.3 is 0 Å². The highest BCUT2D eigenvalue weighted by molar-refractivity contribution is 7.99. The number of rotatable bonds is 3. The van der Waals surface area contributed by atoms with Gasteiger partial charge in [0.05, 0.1) is 17.0 Å². The molecule has 7 nitrogen and oxygen atoms in total. The summed E-state index contributed by atoms with van der Waals surface area (Å²) in [6.07, 6.45) is 0. The number of hydrogen-bond donors (Lipinski definition) is 0. The number of aryl methyl sites for hydroxylation is 2. The second-order valence-corrected chi connectivity index (χ2v) is 6.43. The predicted octanol–water partition coefficient (Wildman–Crippen LogP) is 2.09. The van der Waals surface area contributed by atoms with Crippen LogP contribution in [0.4, 0.5) is 0 Å². The lowest BCUT2D eigenvalue weighted by Gasteiger charge is -2.12. The quantitative estimate of drug-likeness (QED) is 0.537. The van der Waals surface area contributed by atoms with Crippen LogP contribution in [0.3, 0.4) is 0 Å². The Morgan fingerprint density at radius 1 is 1.04 bits per heavy atom. The normalized spacial score (nSPS) is 13.8. The molecule has 1 aliphatic heterocycles. The Kier molecular flexibility index (Phi) is 3.34. The molecule has 8 heteroatoms. The number of carbonyl (C=O) groups is 2. The number of hydrogen-bond acceptors (Lipinski definition) is 6. The molecule has 3 heterocycles. The third-order valence-corrected chi connectivity index (χ3v) is 4.77. The molecule has 0 atom stereocenters. The molecule has 1 aromatic carbocycles. The Labute approximate surface area is 141 Å². The van der Waals surface area contributed by atoms with Gasteiger partial charge in [0, 0.05) is 11.4 Å². The van der Waals surface area contributed by atoms with Crippen molar-refractivity contribution in [1.82, 2.24) is 24.5 Å². The zero-order chi connectivity index (χ0) is 16.8. The van der Waals surface area contributed by atoms with Crippen LogP contribution < -0.4 is 0 Å². The SMILES string of the molecule is Cc1cc(C)n2c(SCN3C(=O)c4ccccc4C3=O)nnc2n1. The van der Waals surface area contributed by atoms with E-state index in [1.807, 2.05) is 24.3 Å². The number of imide groups is 1. The van der Waals surface area contributed by atoms with Crippen molar-refractivity contribution in [3.63, 3.8) is 0 Å². The lowest BCUT2D eigenvalue weighted by atomic mass is 10.1. The Balaban J connectivity index is 1.61. The maximum atomic E-state index is 12.4. The zero-order valence-electron chi connectivity index (χ0n) is 13.1. The molecule has 0 fully saturated rings. The highest BCUT2D eigenvalue weighted by Crippen LogP contribution is 2.26. The first-order valence-electron chi connectivity index (χ1n) is 7.33. The van der Waals surface area contributed by atoms with Gasteiger partial charge in [-0.2, -0.15) is 0 Å². The van der Waals surface area contributed by atoms with Crippen LogP contribution in [-0.2, 0) is 0 Å². The van der Waals surface area contributed by atoms with Crippen LogP contribution >= 0.6 is 11.8 Å². The Morgan fingerprint density at radius 2 is 1.71 bits per heavy atom. The van der Waals surface area contributed by atoms with E-state index in [1.165, 1.54) is 16.7 Å². The third kappa shape index (κ3) is 2.18. The maximum Gasteiger partial charge on any atom is 0.262 e. The summed E-state index contributed by atoms with van der Waals surface area (Å²) in [5.74, 6) is 0.142. The maximum absolute atomic E-state index is 12.4. The molecule has 0 spiro atoms. The lowest BCUT2D eigenvalue weighted by Crippen LogP contribution is -2.29. The van der Waals surface area contributed by atoms with Crippen molar-refractivity contribution >= 4 is 29.4 Å². The summed E-state index contributed by atoms with van der Waals surface area (Å²) in [6, 6.07) is 8.78. The fraction of sp³-hybridized carbons (Fsp3) is 0.188. The summed E-state index contributed by atoms with van der Waals surface area (Å²) < 4.78 is 1.82. The molecule has 120 valence electrons. The molecular weight excluding hydrogens is 326 g/mol. The summed E-state index contributed by atoms with van der Waals surface area (Å²) in [5.41, 5.74) is 2.71. The van der Waals surface area contributed by atoms with Crippen LogP contribution in [0.2, 0.25) is 0 Å². The lowest BCUT2D eigenvalue weighted by molar-refractivity contribution is 0.0684. The minimum atomic E-state index is -0.275. The van der Waals surface area contributed by atoms with E-state index in [0.29, 0.717) is 22.1 Å². The van der Waals surface area contributed by atoms with Crippen molar-refractivity contribution in [3.8, 4) is 0 Å². The summed E-state index contributed by atoms with van der Waals surface area (Å²) in [6.45, 7) is 3.84. The Bertz CT molecular complexity index is 962.